The molecule has 0 fully saturated rings. The molecule has 1 rings (SSSR count). The lowest BCUT2D eigenvalue weighted by atomic mass is 10.0. The van der Waals surface area contributed by atoms with Crippen molar-refractivity contribution in [3.63, 3.8) is 0 Å². The molecule has 0 radical (unpaired) electrons. The maximum atomic E-state index is 4.77. The van der Waals surface area contributed by atoms with E-state index in [2.05, 4.69) is 46.9 Å². The van der Waals surface area contributed by atoms with Gasteiger partial charge in [-0.25, -0.2) is 9.97 Å². The van der Waals surface area contributed by atoms with Gasteiger partial charge in [0.1, 0.15) is 5.82 Å². The summed E-state index contributed by atoms with van der Waals surface area (Å²) in [6.07, 6.45) is 5.11. The van der Waals surface area contributed by atoms with Crippen molar-refractivity contribution in [1.82, 2.24) is 15.3 Å². The molecule has 1 heterocycles. The maximum absolute atomic E-state index is 4.77. The van der Waals surface area contributed by atoms with Crippen LogP contribution in [0, 0.1) is 0 Å². The first-order valence-corrected chi connectivity index (χ1v) is 8.03. The average Bonchev–Trinajstić information content (AvgIpc) is 2.38. The predicted molar refractivity (Wildman–Crippen MR) is 86.2 cm³/mol. The number of rotatable bonds is 7. The molecule has 114 valence electrons. The third-order valence-corrected chi connectivity index (χ3v) is 3.40. The second-order valence-electron chi connectivity index (χ2n) is 6.40. The zero-order chi connectivity index (χ0) is 15.2. The molecule has 1 aromatic rings. The van der Waals surface area contributed by atoms with Crippen LogP contribution in [-0.2, 0) is 25.7 Å². The van der Waals surface area contributed by atoms with E-state index in [4.69, 9.17) is 9.97 Å². The van der Waals surface area contributed by atoms with Crippen molar-refractivity contribution >= 4 is 0 Å². The minimum absolute atomic E-state index is 0.168. The summed E-state index contributed by atoms with van der Waals surface area (Å²) < 4.78 is 0. The zero-order valence-corrected chi connectivity index (χ0v) is 14.1. The largest absolute Gasteiger partial charge is 0.312 e. The van der Waals surface area contributed by atoms with E-state index in [1.54, 1.807) is 0 Å². The molecule has 1 aromatic heterocycles. The van der Waals surface area contributed by atoms with Crippen LogP contribution in [0.3, 0.4) is 0 Å². The normalized spacial score (nSPS) is 11.9. The molecular formula is C17H31N3. The van der Waals surface area contributed by atoms with Gasteiger partial charge in [-0.05, 0) is 58.6 Å². The first-order valence-electron chi connectivity index (χ1n) is 8.03. The van der Waals surface area contributed by atoms with Crippen molar-refractivity contribution in [3.8, 4) is 0 Å². The second kappa shape index (κ2) is 7.72. The first kappa shape index (κ1) is 17.1. The number of nitrogens with zero attached hydrogens (tertiary/aromatic N) is 2. The number of aryl methyl sites for hydroxylation is 3. The molecule has 0 amide bonds. The van der Waals surface area contributed by atoms with Crippen molar-refractivity contribution < 1.29 is 0 Å². The van der Waals surface area contributed by atoms with Crippen LogP contribution in [0.5, 0.6) is 0 Å². The summed E-state index contributed by atoms with van der Waals surface area (Å²) in [4.78, 5) is 9.53. The highest BCUT2D eigenvalue weighted by molar-refractivity contribution is 5.27. The predicted octanol–water partition coefficient (Wildman–Crippen LogP) is 3.48. The minimum Gasteiger partial charge on any atom is -0.312 e. The Hall–Kier alpha value is -0.960. The van der Waals surface area contributed by atoms with Gasteiger partial charge in [-0.2, -0.15) is 0 Å². The van der Waals surface area contributed by atoms with Gasteiger partial charge in [0, 0.05) is 23.3 Å². The molecule has 20 heavy (non-hydrogen) atoms. The van der Waals surface area contributed by atoms with Crippen LogP contribution in [0.25, 0.3) is 0 Å². The summed E-state index contributed by atoms with van der Waals surface area (Å²) in [6.45, 7) is 14.2. The summed E-state index contributed by atoms with van der Waals surface area (Å²) in [6, 6.07) is 0. The maximum Gasteiger partial charge on any atom is 0.128 e. The monoisotopic (exact) mass is 277 g/mol. The fourth-order valence-electron chi connectivity index (χ4n) is 2.41. The van der Waals surface area contributed by atoms with E-state index in [1.165, 1.54) is 17.0 Å². The van der Waals surface area contributed by atoms with Gasteiger partial charge in [-0.3, -0.25) is 0 Å². The number of hydrogen-bond donors (Lipinski definition) is 1. The van der Waals surface area contributed by atoms with Crippen LogP contribution in [-0.4, -0.2) is 22.1 Å². The molecule has 3 nitrogen and oxygen atoms in total. The van der Waals surface area contributed by atoms with Crippen molar-refractivity contribution in [2.24, 2.45) is 0 Å². The van der Waals surface area contributed by atoms with Gasteiger partial charge >= 0.3 is 0 Å². The molecule has 0 saturated heterocycles. The number of nitrogens with one attached hydrogen (secondary N) is 1. The van der Waals surface area contributed by atoms with Crippen molar-refractivity contribution in [1.29, 1.82) is 0 Å². The van der Waals surface area contributed by atoms with Crippen LogP contribution in [0.1, 0.15) is 70.7 Å². The van der Waals surface area contributed by atoms with E-state index in [9.17, 15) is 0 Å². The standard InChI is InChI=1S/C17H31N3/c1-7-10-16-19-14(8-2)13(15(9-3)20-16)11-12-18-17(4,5)6/h18H,7-12H2,1-6H3. The van der Waals surface area contributed by atoms with E-state index >= 15 is 0 Å². The smallest absolute Gasteiger partial charge is 0.128 e. The fourth-order valence-corrected chi connectivity index (χ4v) is 2.41. The highest BCUT2D eigenvalue weighted by Gasteiger charge is 2.14. The Balaban J connectivity index is 2.92. The summed E-state index contributed by atoms with van der Waals surface area (Å²) in [7, 11) is 0. The fraction of sp³-hybridized carbons (Fsp3) is 0.765. The van der Waals surface area contributed by atoms with E-state index in [0.29, 0.717) is 0 Å². The summed E-state index contributed by atoms with van der Waals surface area (Å²) in [5, 5.41) is 3.56. The molecule has 0 bridgehead atoms. The lowest BCUT2D eigenvalue weighted by Crippen LogP contribution is -2.37. The Morgan fingerprint density at radius 3 is 1.85 bits per heavy atom. The van der Waals surface area contributed by atoms with Crippen LogP contribution >= 0.6 is 0 Å². The Kier molecular flexibility index (Phi) is 6.60. The molecule has 0 atom stereocenters. The molecule has 1 N–H and O–H groups in total. The lowest BCUT2D eigenvalue weighted by Gasteiger charge is -2.21. The number of hydrogen-bond acceptors (Lipinski definition) is 3. The van der Waals surface area contributed by atoms with Gasteiger partial charge < -0.3 is 5.32 Å². The third-order valence-electron chi connectivity index (χ3n) is 3.40. The van der Waals surface area contributed by atoms with E-state index < -0.39 is 0 Å². The van der Waals surface area contributed by atoms with Crippen LogP contribution in [0.2, 0.25) is 0 Å². The van der Waals surface area contributed by atoms with Gasteiger partial charge in [0.15, 0.2) is 0 Å². The highest BCUT2D eigenvalue weighted by atomic mass is 14.9. The number of aromatic nitrogens is 2. The van der Waals surface area contributed by atoms with Crippen molar-refractivity contribution in [3.05, 3.63) is 22.8 Å². The average molecular weight is 277 g/mol. The topological polar surface area (TPSA) is 37.8 Å². The SMILES string of the molecule is CCCc1nc(CC)c(CCNC(C)(C)C)c(CC)n1. The molecule has 0 aromatic carbocycles. The molecule has 3 heteroatoms. The van der Waals surface area contributed by atoms with E-state index in [1.807, 2.05) is 0 Å². The third kappa shape index (κ3) is 5.20. The zero-order valence-electron chi connectivity index (χ0n) is 14.1. The first-order chi connectivity index (χ1) is 9.41. The Morgan fingerprint density at radius 2 is 1.45 bits per heavy atom. The van der Waals surface area contributed by atoms with E-state index in [0.717, 1.165) is 44.5 Å². The molecule has 0 aliphatic carbocycles. The molecule has 0 aliphatic rings. The van der Waals surface area contributed by atoms with Crippen LogP contribution < -0.4 is 5.32 Å². The Labute approximate surface area is 124 Å². The molecule has 0 spiro atoms. The lowest BCUT2D eigenvalue weighted by molar-refractivity contribution is 0.428. The van der Waals surface area contributed by atoms with Crippen molar-refractivity contribution in [2.75, 3.05) is 6.54 Å². The second-order valence-corrected chi connectivity index (χ2v) is 6.40. The Bertz CT molecular complexity index is 394. The summed E-state index contributed by atoms with van der Waals surface area (Å²) in [5.41, 5.74) is 4.03. The van der Waals surface area contributed by atoms with E-state index in [-0.39, 0.29) is 5.54 Å². The van der Waals surface area contributed by atoms with Gasteiger partial charge in [0.05, 0.1) is 0 Å². The highest BCUT2D eigenvalue weighted by Crippen LogP contribution is 2.15. The quantitative estimate of drug-likeness (QED) is 0.829. The molecule has 0 unspecified atom stereocenters. The molecule has 0 saturated carbocycles. The summed E-state index contributed by atoms with van der Waals surface area (Å²) >= 11 is 0. The van der Waals surface area contributed by atoms with Crippen LogP contribution in [0.15, 0.2) is 0 Å². The minimum atomic E-state index is 0.168. The van der Waals surface area contributed by atoms with Gasteiger partial charge in [0.2, 0.25) is 0 Å². The van der Waals surface area contributed by atoms with Gasteiger partial charge in [-0.15, -0.1) is 0 Å². The Morgan fingerprint density at radius 1 is 0.900 bits per heavy atom. The van der Waals surface area contributed by atoms with Crippen LogP contribution in [0.4, 0.5) is 0 Å². The summed E-state index contributed by atoms with van der Waals surface area (Å²) in [5.74, 6) is 1.02. The van der Waals surface area contributed by atoms with Crippen molar-refractivity contribution in [2.45, 2.75) is 79.2 Å². The molecule has 0 aliphatic heterocycles. The van der Waals surface area contributed by atoms with Gasteiger partial charge in [0.25, 0.3) is 0 Å². The molecular weight excluding hydrogens is 246 g/mol. The van der Waals surface area contributed by atoms with Gasteiger partial charge in [-0.1, -0.05) is 20.8 Å².